The number of ether oxygens (including phenoxy) is 1. The average molecular weight is 380 g/mol. The summed E-state index contributed by atoms with van der Waals surface area (Å²) < 4.78 is 4.64. The predicted octanol–water partition coefficient (Wildman–Crippen LogP) is 1.46. The zero-order valence-electron chi connectivity index (χ0n) is 15.3. The summed E-state index contributed by atoms with van der Waals surface area (Å²) in [5, 5.41) is 2.68. The van der Waals surface area contributed by atoms with Crippen molar-refractivity contribution in [3.63, 3.8) is 0 Å². The van der Waals surface area contributed by atoms with E-state index in [1.807, 2.05) is 0 Å². The summed E-state index contributed by atoms with van der Waals surface area (Å²) >= 11 is 0. The van der Waals surface area contributed by atoms with Gasteiger partial charge in [-0.15, -0.1) is 0 Å². The number of methoxy groups -OCH3 is 1. The van der Waals surface area contributed by atoms with Gasteiger partial charge in [-0.2, -0.15) is 0 Å². The zero-order valence-corrected chi connectivity index (χ0v) is 15.3. The monoisotopic (exact) mass is 380 g/mol. The molecule has 1 N–H and O–H groups in total. The van der Waals surface area contributed by atoms with Crippen LogP contribution in [-0.2, 0) is 19.1 Å². The van der Waals surface area contributed by atoms with Gasteiger partial charge in [0.2, 0.25) is 17.7 Å². The molecule has 2 saturated carbocycles. The highest BCUT2D eigenvalue weighted by Gasteiger charge is 2.67. The second-order valence-corrected chi connectivity index (χ2v) is 8.03. The lowest BCUT2D eigenvalue weighted by Crippen LogP contribution is -2.40. The van der Waals surface area contributed by atoms with Gasteiger partial charge in [0, 0.05) is 5.69 Å². The fraction of sp³-hybridized carbons (Fsp3) is 0.429. The molecule has 1 saturated heterocycles. The van der Waals surface area contributed by atoms with E-state index in [-0.39, 0.29) is 42.0 Å². The van der Waals surface area contributed by atoms with Gasteiger partial charge in [-0.3, -0.25) is 19.3 Å². The fourth-order valence-corrected chi connectivity index (χ4v) is 5.33. The molecule has 0 spiro atoms. The molecule has 144 valence electrons. The summed E-state index contributed by atoms with van der Waals surface area (Å²) in [6.45, 7) is -0.280. The minimum Gasteiger partial charge on any atom is -0.465 e. The molecule has 6 rings (SSSR count). The van der Waals surface area contributed by atoms with Crippen LogP contribution in [0.1, 0.15) is 16.8 Å². The van der Waals surface area contributed by atoms with Crippen LogP contribution in [0.3, 0.4) is 0 Å². The van der Waals surface area contributed by atoms with E-state index >= 15 is 0 Å². The SMILES string of the molecule is COC(=O)c1ccc(NC(=O)CN2C(=O)[C@@H]3[C@H]4C=C[C@@H]([C@@H]5C[C@@H]45)[C@H]3C2=O)cc1. The number of allylic oxidation sites excluding steroid dienone is 2. The molecule has 2 bridgehead atoms. The van der Waals surface area contributed by atoms with Gasteiger partial charge in [-0.25, -0.2) is 4.79 Å². The van der Waals surface area contributed by atoms with Crippen molar-refractivity contribution in [1.82, 2.24) is 4.90 Å². The molecule has 3 amide bonds. The number of benzene rings is 1. The number of anilines is 1. The van der Waals surface area contributed by atoms with E-state index in [0.717, 1.165) is 11.3 Å². The Morgan fingerprint density at radius 1 is 1.04 bits per heavy atom. The zero-order chi connectivity index (χ0) is 19.6. The lowest BCUT2D eigenvalue weighted by Gasteiger charge is -2.37. The Balaban J connectivity index is 1.27. The number of rotatable bonds is 4. The van der Waals surface area contributed by atoms with E-state index in [1.54, 1.807) is 12.1 Å². The molecular weight excluding hydrogens is 360 g/mol. The summed E-state index contributed by atoms with van der Waals surface area (Å²) in [5.41, 5.74) is 0.855. The van der Waals surface area contributed by atoms with E-state index in [0.29, 0.717) is 23.1 Å². The van der Waals surface area contributed by atoms with Gasteiger partial charge in [-0.05, 0) is 54.4 Å². The maximum Gasteiger partial charge on any atom is 0.337 e. The van der Waals surface area contributed by atoms with Crippen LogP contribution < -0.4 is 5.32 Å². The second-order valence-electron chi connectivity index (χ2n) is 8.03. The Morgan fingerprint density at radius 3 is 2.14 bits per heavy atom. The standard InChI is InChI=1S/C21H20N2O5/c1-28-21(27)10-2-4-11(5-3-10)22-16(24)9-23-19(25)17-12-6-7-13(15-8-14(12)15)18(17)20(23)26/h2-7,12-15,17-18H,8-9H2,1H3,(H,22,24)/t12-,13-,14-,15-,17+,18+/m0/s1. The Labute approximate surface area is 161 Å². The predicted molar refractivity (Wildman–Crippen MR) is 97.8 cm³/mol. The number of nitrogens with zero attached hydrogens (tertiary/aromatic N) is 1. The first-order chi connectivity index (χ1) is 13.5. The van der Waals surface area contributed by atoms with E-state index < -0.39 is 11.9 Å². The van der Waals surface area contributed by atoms with Gasteiger partial charge in [0.15, 0.2) is 0 Å². The van der Waals surface area contributed by atoms with Crippen LogP contribution in [0.2, 0.25) is 0 Å². The number of hydrogen-bond acceptors (Lipinski definition) is 5. The lowest BCUT2D eigenvalue weighted by atomic mass is 9.63. The molecule has 0 aromatic heterocycles. The molecule has 1 heterocycles. The maximum atomic E-state index is 12.9. The first-order valence-electron chi connectivity index (χ1n) is 9.51. The number of hydrogen-bond donors (Lipinski definition) is 1. The number of carbonyl (C=O) groups excluding carboxylic acids is 4. The smallest absolute Gasteiger partial charge is 0.337 e. The highest BCUT2D eigenvalue weighted by atomic mass is 16.5. The van der Waals surface area contributed by atoms with Crippen LogP contribution >= 0.6 is 0 Å². The summed E-state index contributed by atoms with van der Waals surface area (Å²) in [7, 11) is 1.30. The number of imide groups is 1. The first-order valence-corrected chi connectivity index (χ1v) is 9.51. The summed E-state index contributed by atoms with van der Waals surface area (Å²) in [6, 6.07) is 6.24. The molecule has 1 aromatic carbocycles. The van der Waals surface area contributed by atoms with Gasteiger partial charge in [0.1, 0.15) is 6.54 Å². The highest BCUT2D eigenvalue weighted by Crippen LogP contribution is 2.65. The van der Waals surface area contributed by atoms with Gasteiger partial charge in [-0.1, -0.05) is 12.2 Å². The van der Waals surface area contributed by atoms with Crippen LogP contribution in [-0.4, -0.2) is 42.2 Å². The Bertz CT molecular complexity index is 885. The van der Waals surface area contributed by atoms with Crippen molar-refractivity contribution in [1.29, 1.82) is 0 Å². The van der Waals surface area contributed by atoms with Crippen molar-refractivity contribution in [2.24, 2.45) is 35.5 Å². The molecule has 3 fully saturated rings. The van der Waals surface area contributed by atoms with E-state index in [9.17, 15) is 19.2 Å². The largest absolute Gasteiger partial charge is 0.465 e. The van der Waals surface area contributed by atoms with Crippen molar-refractivity contribution in [3.8, 4) is 0 Å². The number of nitrogens with one attached hydrogen (secondary N) is 1. The minimum atomic E-state index is -0.463. The maximum absolute atomic E-state index is 12.9. The lowest BCUT2D eigenvalue weighted by molar-refractivity contribution is -0.142. The van der Waals surface area contributed by atoms with Crippen LogP contribution in [0.25, 0.3) is 0 Å². The number of amides is 3. The van der Waals surface area contributed by atoms with Crippen molar-refractivity contribution >= 4 is 29.4 Å². The van der Waals surface area contributed by atoms with Crippen molar-refractivity contribution in [2.45, 2.75) is 6.42 Å². The Morgan fingerprint density at radius 2 is 1.61 bits per heavy atom. The molecule has 0 unspecified atom stereocenters. The quantitative estimate of drug-likeness (QED) is 0.485. The molecule has 4 aliphatic carbocycles. The third-order valence-corrected chi connectivity index (χ3v) is 6.65. The van der Waals surface area contributed by atoms with Crippen molar-refractivity contribution in [3.05, 3.63) is 42.0 Å². The minimum absolute atomic E-state index is 0.148. The topological polar surface area (TPSA) is 92.8 Å². The normalized spacial score (nSPS) is 34.1. The Kier molecular flexibility index (Phi) is 3.69. The van der Waals surface area contributed by atoms with Crippen LogP contribution in [0.5, 0.6) is 0 Å². The van der Waals surface area contributed by atoms with Crippen LogP contribution in [0.15, 0.2) is 36.4 Å². The molecule has 28 heavy (non-hydrogen) atoms. The summed E-state index contributed by atoms with van der Waals surface area (Å²) in [5.74, 6) is -0.536. The van der Waals surface area contributed by atoms with E-state index in [2.05, 4.69) is 22.2 Å². The molecule has 5 aliphatic rings. The van der Waals surface area contributed by atoms with E-state index in [4.69, 9.17) is 0 Å². The van der Waals surface area contributed by atoms with Gasteiger partial charge in [0.05, 0.1) is 24.5 Å². The van der Waals surface area contributed by atoms with Crippen molar-refractivity contribution in [2.75, 3.05) is 19.0 Å². The molecular formula is C21H20N2O5. The van der Waals surface area contributed by atoms with Crippen LogP contribution in [0, 0.1) is 35.5 Å². The molecule has 7 nitrogen and oxygen atoms in total. The number of esters is 1. The van der Waals surface area contributed by atoms with Crippen molar-refractivity contribution < 1.29 is 23.9 Å². The second kappa shape index (κ2) is 6.02. The molecule has 1 aliphatic heterocycles. The first kappa shape index (κ1) is 17.2. The van der Waals surface area contributed by atoms with Gasteiger partial charge in [0.25, 0.3) is 0 Å². The molecule has 1 aromatic rings. The van der Waals surface area contributed by atoms with Crippen LogP contribution in [0.4, 0.5) is 5.69 Å². The number of likely N-dealkylation sites (tertiary alicyclic amines) is 1. The third-order valence-electron chi connectivity index (χ3n) is 6.65. The van der Waals surface area contributed by atoms with Gasteiger partial charge < -0.3 is 10.1 Å². The summed E-state index contributed by atoms with van der Waals surface area (Å²) in [6.07, 6.45) is 5.33. The fourth-order valence-electron chi connectivity index (χ4n) is 5.33. The third kappa shape index (κ3) is 2.42. The molecule has 7 heteroatoms. The molecule has 6 atom stereocenters. The summed E-state index contributed by atoms with van der Waals surface area (Å²) in [4.78, 5) is 50.8. The van der Waals surface area contributed by atoms with Gasteiger partial charge >= 0.3 is 5.97 Å². The average Bonchev–Trinajstić information content (AvgIpc) is 3.49. The highest BCUT2D eigenvalue weighted by molar-refractivity contribution is 6.09. The van der Waals surface area contributed by atoms with E-state index in [1.165, 1.54) is 19.2 Å². The Hall–Kier alpha value is -2.96. The molecule has 0 radical (unpaired) electrons. The number of carbonyl (C=O) groups is 4.